The number of benzene rings is 1. The molecule has 0 atom stereocenters. The third kappa shape index (κ3) is 7.45. The summed E-state index contributed by atoms with van der Waals surface area (Å²) >= 11 is 2.67. The van der Waals surface area contributed by atoms with Crippen molar-refractivity contribution in [3.8, 4) is 5.75 Å². The maximum atomic E-state index is 12.6. The predicted molar refractivity (Wildman–Crippen MR) is 136 cm³/mol. The zero-order valence-corrected chi connectivity index (χ0v) is 22.0. The van der Waals surface area contributed by atoms with E-state index in [1.807, 2.05) is 29.7 Å². The molecule has 1 aliphatic heterocycles. The van der Waals surface area contributed by atoms with E-state index in [0.29, 0.717) is 57.3 Å². The molecule has 0 radical (unpaired) electrons. The second-order valence-corrected chi connectivity index (χ2v) is 9.63. The molecular formula is C23H32N4O6S2. The number of fused-ring (bicyclic) bond motifs is 1. The average molecular weight is 525 g/mol. The fourth-order valence-corrected chi connectivity index (χ4v) is 5.39. The van der Waals surface area contributed by atoms with E-state index in [0.717, 1.165) is 16.0 Å². The largest absolute Gasteiger partial charge is 0.497 e. The van der Waals surface area contributed by atoms with Crippen molar-refractivity contribution in [1.82, 2.24) is 14.4 Å². The highest BCUT2D eigenvalue weighted by molar-refractivity contribution is 8.00. The van der Waals surface area contributed by atoms with Crippen molar-refractivity contribution in [3.05, 3.63) is 23.0 Å². The molecule has 12 heteroatoms. The predicted octanol–water partition coefficient (Wildman–Crippen LogP) is 2.21. The smallest absolute Gasteiger partial charge is 0.409 e. The Hall–Kier alpha value is -2.57. The van der Waals surface area contributed by atoms with Crippen LogP contribution in [-0.2, 0) is 25.6 Å². The number of methoxy groups -OCH3 is 1. The van der Waals surface area contributed by atoms with E-state index >= 15 is 0 Å². The van der Waals surface area contributed by atoms with Gasteiger partial charge >= 0.3 is 6.09 Å². The van der Waals surface area contributed by atoms with Crippen LogP contribution in [0.15, 0.2) is 23.2 Å². The van der Waals surface area contributed by atoms with Crippen LogP contribution in [0.5, 0.6) is 5.75 Å². The third-order valence-electron chi connectivity index (χ3n) is 5.38. The lowest BCUT2D eigenvalue weighted by atomic mass is 10.3. The van der Waals surface area contributed by atoms with E-state index in [9.17, 15) is 14.4 Å². The van der Waals surface area contributed by atoms with Crippen LogP contribution < -0.4 is 9.54 Å². The van der Waals surface area contributed by atoms with Gasteiger partial charge in [-0.2, -0.15) is 4.99 Å². The van der Waals surface area contributed by atoms with Crippen molar-refractivity contribution in [1.29, 1.82) is 0 Å². The Morgan fingerprint density at radius 3 is 2.49 bits per heavy atom. The van der Waals surface area contributed by atoms with E-state index < -0.39 is 0 Å². The summed E-state index contributed by atoms with van der Waals surface area (Å²) in [4.78, 5) is 45.2. The minimum Gasteiger partial charge on any atom is -0.497 e. The number of carbonyl (C=O) groups is 3. The molecule has 0 saturated carbocycles. The maximum Gasteiger partial charge on any atom is 0.409 e. The monoisotopic (exact) mass is 524 g/mol. The molecule has 1 aliphatic rings. The first-order chi connectivity index (χ1) is 17.0. The number of nitrogens with zero attached hydrogens (tertiary/aromatic N) is 4. The van der Waals surface area contributed by atoms with Gasteiger partial charge in [-0.25, -0.2) is 4.79 Å². The minimum absolute atomic E-state index is 0.0490. The van der Waals surface area contributed by atoms with Crippen LogP contribution in [0.25, 0.3) is 10.2 Å². The molecule has 1 aromatic carbocycles. The van der Waals surface area contributed by atoms with Crippen molar-refractivity contribution in [2.45, 2.75) is 20.4 Å². The van der Waals surface area contributed by atoms with Gasteiger partial charge in [0.2, 0.25) is 5.91 Å². The lowest BCUT2D eigenvalue weighted by Gasteiger charge is -2.34. The van der Waals surface area contributed by atoms with Crippen LogP contribution >= 0.6 is 23.1 Å². The second kappa shape index (κ2) is 13.5. The molecule has 2 heterocycles. The molecule has 3 rings (SSSR count). The normalized spacial score (nSPS) is 14.4. The Morgan fingerprint density at radius 1 is 1.06 bits per heavy atom. The number of ether oxygens (including phenoxy) is 3. The molecular weight excluding hydrogens is 492 g/mol. The molecule has 35 heavy (non-hydrogen) atoms. The van der Waals surface area contributed by atoms with Gasteiger partial charge in [-0.1, -0.05) is 11.3 Å². The summed E-state index contributed by atoms with van der Waals surface area (Å²) in [5, 5.41) is 0. The van der Waals surface area contributed by atoms with Gasteiger partial charge < -0.3 is 28.6 Å². The molecule has 0 aliphatic carbocycles. The first-order valence-corrected chi connectivity index (χ1v) is 13.5. The van der Waals surface area contributed by atoms with Gasteiger partial charge in [0, 0.05) is 39.3 Å². The zero-order valence-electron chi connectivity index (χ0n) is 20.4. The molecule has 0 spiro atoms. The number of thiazole rings is 1. The third-order valence-corrected chi connectivity index (χ3v) is 7.33. The lowest BCUT2D eigenvalue weighted by Crippen LogP contribution is -2.51. The van der Waals surface area contributed by atoms with Crippen LogP contribution in [0.4, 0.5) is 4.79 Å². The number of carbonyl (C=O) groups excluding carboxylic acids is 3. The van der Waals surface area contributed by atoms with Gasteiger partial charge in [-0.3, -0.25) is 9.59 Å². The van der Waals surface area contributed by atoms with E-state index in [-0.39, 0.29) is 29.4 Å². The topological polar surface area (TPSA) is 103 Å². The Morgan fingerprint density at radius 2 is 1.80 bits per heavy atom. The number of hydrogen-bond donors (Lipinski definition) is 0. The summed E-state index contributed by atoms with van der Waals surface area (Å²) in [6.45, 7) is 7.56. The molecule has 1 fully saturated rings. The Labute approximate surface area is 212 Å². The quantitative estimate of drug-likeness (QED) is 0.439. The fraction of sp³-hybridized carbons (Fsp3) is 0.565. The van der Waals surface area contributed by atoms with E-state index in [2.05, 4.69) is 4.99 Å². The van der Waals surface area contributed by atoms with Gasteiger partial charge in [0.25, 0.3) is 5.91 Å². The van der Waals surface area contributed by atoms with E-state index in [1.165, 1.54) is 23.1 Å². The minimum atomic E-state index is -0.348. The summed E-state index contributed by atoms with van der Waals surface area (Å²) < 4.78 is 18.8. The van der Waals surface area contributed by atoms with Gasteiger partial charge in [-0.05, 0) is 32.0 Å². The summed E-state index contributed by atoms with van der Waals surface area (Å²) in [5.41, 5.74) is 0.965. The standard InChI is InChI=1S/C23H32N4O6S2/c1-4-32-13-12-27-18-7-6-17(31-3)14-19(18)35-22(27)24-20(28)15-34-16-21(29)25-8-10-26(11-9-25)23(30)33-5-2/h6-7,14H,4-5,8-13,15-16H2,1-3H3. The SMILES string of the molecule is CCOCCn1c(=NC(=O)CSCC(=O)N2CCN(C(=O)OCC)CC2)sc2cc(OC)ccc21. The zero-order chi connectivity index (χ0) is 25.2. The summed E-state index contributed by atoms with van der Waals surface area (Å²) in [7, 11) is 1.62. The van der Waals surface area contributed by atoms with E-state index in [1.54, 1.807) is 23.8 Å². The summed E-state index contributed by atoms with van der Waals surface area (Å²) in [6, 6.07) is 5.76. The van der Waals surface area contributed by atoms with Crippen LogP contribution in [0.2, 0.25) is 0 Å². The first-order valence-electron chi connectivity index (χ1n) is 11.6. The van der Waals surface area contributed by atoms with Crippen LogP contribution in [-0.4, -0.2) is 96.9 Å². The van der Waals surface area contributed by atoms with Gasteiger partial charge in [0.1, 0.15) is 5.75 Å². The maximum absolute atomic E-state index is 12.6. The molecule has 10 nitrogen and oxygen atoms in total. The summed E-state index contributed by atoms with van der Waals surface area (Å²) in [5.74, 6) is 0.697. The van der Waals surface area contributed by atoms with Crippen molar-refractivity contribution in [2.24, 2.45) is 4.99 Å². The molecule has 192 valence electrons. The molecule has 2 aromatic rings. The fourth-order valence-electron chi connectivity index (χ4n) is 3.59. The van der Waals surface area contributed by atoms with Crippen LogP contribution in [0, 0.1) is 0 Å². The highest BCUT2D eigenvalue weighted by Gasteiger charge is 2.24. The highest BCUT2D eigenvalue weighted by Crippen LogP contribution is 2.23. The number of aromatic nitrogens is 1. The highest BCUT2D eigenvalue weighted by atomic mass is 32.2. The van der Waals surface area contributed by atoms with Crippen molar-refractivity contribution in [2.75, 3.05) is 64.6 Å². The molecule has 0 N–H and O–H groups in total. The number of thioether (sulfide) groups is 1. The van der Waals surface area contributed by atoms with Gasteiger partial charge in [-0.15, -0.1) is 11.8 Å². The molecule has 1 aromatic heterocycles. The van der Waals surface area contributed by atoms with Gasteiger partial charge in [0.05, 0.1) is 42.0 Å². The van der Waals surface area contributed by atoms with Crippen LogP contribution in [0.3, 0.4) is 0 Å². The van der Waals surface area contributed by atoms with Crippen molar-refractivity contribution >= 4 is 51.2 Å². The molecule has 0 unspecified atom stereocenters. The lowest BCUT2D eigenvalue weighted by molar-refractivity contribution is -0.129. The van der Waals surface area contributed by atoms with E-state index in [4.69, 9.17) is 14.2 Å². The van der Waals surface area contributed by atoms with Crippen molar-refractivity contribution < 1.29 is 28.6 Å². The van der Waals surface area contributed by atoms with Gasteiger partial charge in [0.15, 0.2) is 4.80 Å². The Bertz CT molecular complexity index is 1090. The average Bonchev–Trinajstić information content (AvgIpc) is 3.20. The number of rotatable bonds is 10. The number of hydrogen-bond acceptors (Lipinski definition) is 8. The number of piperazine rings is 1. The summed E-state index contributed by atoms with van der Waals surface area (Å²) in [6.07, 6.45) is -0.348. The number of amides is 3. The Kier molecular flexibility index (Phi) is 10.4. The Balaban J connectivity index is 1.57. The molecule has 0 bridgehead atoms. The first kappa shape index (κ1) is 27.0. The van der Waals surface area contributed by atoms with Crippen molar-refractivity contribution in [3.63, 3.8) is 0 Å². The van der Waals surface area contributed by atoms with Crippen LogP contribution in [0.1, 0.15) is 13.8 Å². The molecule has 3 amide bonds. The molecule has 1 saturated heterocycles. The second-order valence-electron chi connectivity index (χ2n) is 7.63.